The Kier molecular flexibility index (Phi) is 9.28. The van der Waals surface area contributed by atoms with Crippen LogP contribution in [-0.4, -0.2) is 69.5 Å². The van der Waals surface area contributed by atoms with Gasteiger partial charge < -0.3 is 20.4 Å². The molecule has 0 radical (unpaired) electrons. The predicted octanol–water partition coefficient (Wildman–Crippen LogP) is 2.37. The smallest absolute Gasteiger partial charge is 0.253 e. The summed E-state index contributed by atoms with van der Waals surface area (Å²) in [5.74, 6) is 0.534. The molecular weight excluding hydrogens is 381 g/mol. The second kappa shape index (κ2) is 11.9. The lowest BCUT2D eigenvalue weighted by molar-refractivity contribution is 0.0827. The van der Waals surface area contributed by atoms with Crippen molar-refractivity contribution in [2.24, 2.45) is 4.99 Å². The Morgan fingerprint density at radius 3 is 2.37 bits per heavy atom. The van der Waals surface area contributed by atoms with E-state index >= 15 is 0 Å². The molecule has 0 bridgehead atoms. The Bertz CT molecular complexity index is 836. The number of rotatable bonds is 9. The zero-order valence-corrected chi connectivity index (χ0v) is 18.3. The van der Waals surface area contributed by atoms with Crippen molar-refractivity contribution >= 4 is 11.9 Å². The predicted molar refractivity (Wildman–Crippen MR) is 120 cm³/mol. The first-order chi connectivity index (χ1) is 14.4. The first-order valence-corrected chi connectivity index (χ1v) is 10.1. The SMILES string of the molecule is CN=C(NCCc1cccc(C(=O)N(C)C)c1)NCCN(C)Cc1ccc(F)cc1. The number of nitrogens with zero attached hydrogens (tertiary/aromatic N) is 3. The van der Waals surface area contributed by atoms with Crippen LogP contribution in [0.4, 0.5) is 4.39 Å². The van der Waals surface area contributed by atoms with Crippen LogP contribution in [0.3, 0.4) is 0 Å². The number of likely N-dealkylation sites (N-methyl/N-ethyl adjacent to an activating group) is 1. The Morgan fingerprint density at radius 2 is 1.70 bits per heavy atom. The van der Waals surface area contributed by atoms with E-state index in [0.29, 0.717) is 12.1 Å². The minimum absolute atomic E-state index is 0.00652. The highest BCUT2D eigenvalue weighted by molar-refractivity contribution is 5.94. The van der Waals surface area contributed by atoms with Gasteiger partial charge in [0.05, 0.1) is 0 Å². The minimum Gasteiger partial charge on any atom is -0.356 e. The molecule has 0 aliphatic carbocycles. The fourth-order valence-corrected chi connectivity index (χ4v) is 3.01. The molecular formula is C23H32FN5O. The average Bonchev–Trinajstić information content (AvgIpc) is 2.73. The van der Waals surface area contributed by atoms with Gasteiger partial charge >= 0.3 is 0 Å². The van der Waals surface area contributed by atoms with Crippen LogP contribution >= 0.6 is 0 Å². The van der Waals surface area contributed by atoms with E-state index in [2.05, 4.69) is 20.5 Å². The molecule has 0 unspecified atom stereocenters. The normalized spacial score (nSPS) is 11.5. The fourth-order valence-electron chi connectivity index (χ4n) is 3.01. The van der Waals surface area contributed by atoms with Gasteiger partial charge in [-0.1, -0.05) is 24.3 Å². The van der Waals surface area contributed by atoms with Crippen LogP contribution in [0, 0.1) is 5.82 Å². The summed E-state index contributed by atoms with van der Waals surface area (Å²) in [5.41, 5.74) is 2.88. The van der Waals surface area contributed by atoms with Crippen molar-refractivity contribution < 1.29 is 9.18 Å². The number of carbonyl (C=O) groups is 1. The number of guanidine groups is 1. The lowest BCUT2D eigenvalue weighted by atomic mass is 10.1. The van der Waals surface area contributed by atoms with Crippen LogP contribution in [0.5, 0.6) is 0 Å². The highest BCUT2D eigenvalue weighted by Gasteiger charge is 2.08. The maximum absolute atomic E-state index is 13.0. The van der Waals surface area contributed by atoms with Crippen molar-refractivity contribution in [3.8, 4) is 0 Å². The van der Waals surface area contributed by atoms with Crippen molar-refractivity contribution in [3.05, 3.63) is 71.0 Å². The molecule has 1 amide bonds. The summed E-state index contributed by atoms with van der Waals surface area (Å²) >= 11 is 0. The van der Waals surface area contributed by atoms with Gasteiger partial charge in [-0.05, 0) is 48.9 Å². The van der Waals surface area contributed by atoms with Gasteiger partial charge in [0.2, 0.25) is 0 Å². The van der Waals surface area contributed by atoms with Gasteiger partial charge in [-0.3, -0.25) is 9.79 Å². The molecule has 0 atom stereocenters. The Morgan fingerprint density at radius 1 is 1.00 bits per heavy atom. The van der Waals surface area contributed by atoms with E-state index in [1.54, 1.807) is 38.2 Å². The van der Waals surface area contributed by atoms with Crippen molar-refractivity contribution in [1.29, 1.82) is 0 Å². The van der Waals surface area contributed by atoms with Crippen molar-refractivity contribution in [3.63, 3.8) is 0 Å². The van der Waals surface area contributed by atoms with Crippen LogP contribution in [0.1, 0.15) is 21.5 Å². The molecule has 0 aliphatic rings. The van der Waals surface area contributed by atoms with Gasteiger partial charge in [-0.25, -0.2) is 4.39 Å². The van der Waals surface area contributed by atoms with Gasteiger partial charge in [0.15, 0.2) is 5.96 Å². The Hall–Kier alpha value is -2.93. The summed E-state index contributed by atoms with van der Waals surface area (Å²) in [4.78, 5) is 20.1. The number of benzene rings is 2. The second-order valence-electron chi connectivity index (χ2n) is 7.44. The quantitative estimate of drug-likeness (QED) is 0.490. The average molecular weight is 414 g/mol. The highest BCUT2D eigenvalue weighted by atomic mass is 19.1. The van der Waals surface area contributed by atoms with E-state index in [4.69, 9.17) is 0 Å². The maximum atomic E-state index is 13.0. The number of halogens is 1. The second-order valence-corrected chi connectivity index (χ2v) is 7.44. The van der Waals surface area contributed by atoms with E-state index in [9.17, 15) is 9.18 Å². The van der Waals surface area contributed by atoms with Crippen LogP contribution in [-0.2, 0) is 13.0 Å². The summed E-state index contributed by atoms with van der Waals surface area (Å²) in [6.07, 6.45) is 0.791. The standard InChI is InChI=1S/C23H32FN5O/c1-25-23(27-14-15-29(4)17-19-8-10-21(24)11-9-19)26-13-12-18-6-5-7-20(16-18)22(30)28(2)3/h5-11,16H,12-15,17H2,1-4H3,(H2,25,26,27). The molecule has 0 aromatic heterocycles. The molecule has 0 fully saturated rings. The summed E-state index contributed by atoms with van der Waals surface area (Å²) in [6.45, 7) is 3.04. The molecule has 0 saturated heterocycles. The molecule has 2 N–H and O–H groups in total. The van der Waals surface area contributed by atoms with Gasteiger partial charge in [-0.15, -0.1) is 0 Å². The van der Waals surface area contributed by atoms with E-state index in [0.717, 1.165) is 43.1 Å². The van der Waals surface area contributed by atoms with Gasteiger partial charge in [0.1, 0.15) is 5.82 Å². The number of nitrogens with one attached hydrogen (secondary N) is 2. The van der Waals surface area contributed by atoms with E-state index < -0.39 is 0 Å². The maximum Gasteiger partial charge on any atom is 0.253 e. The van der Waals surface area contributed by atoms with Crippen LogP contribution in [0.15, 0.2) is 53.5 Å². The first-order valence-electron chi connectivity index (χ1n) is 10.1. The summed E-state index contributed by atoms with van der Waals surface area (Å²) in [7, 11) is 7.28. The summed E-state index contributed by atoms with van der Waals surface area (Å²) in [6, 6.07) is 14.3. The fraction of sp³-hybridized carbons (Fsp3) is 0.391. The number of carbonyl (C=O) groups excluding carboxylic acids is 1. The number of hydrogen-bond acceptors (Lipinski definition) is 3. The van der Waals surface area contributed by atoms with Crippen LogP contribution < -0.4 is 10.6 Å². The molecule has 2 aromatic carbocycles. The Balaban J connectivity index is 1.71. The molecule has 2 aromatic rings. The van der Waals surface area contributed by atoms with Crippen LogP contribution in [0.2, 0.25) is 0 Å². The molecule has 162 valence electrons. The van der Waals surface area contributed by atoms with Crippen LogP contribution in [0.25, 0.3) is 0 Å². The molecule has 2 rings (SSSR count). The first kappa shape index (κ1) is 23.3. The molecule has 0 saturated carbocycles. The molecule has 30 heavy (non-hydrogen) atoms. The Labute approximate surface area is 178 Å². The van der Waals surface area contributed by atoms with Gasteiger partial charge in [-0.2, -0.15) is 0 Å². The third kappa shape index (κ3) is 7.83. The number of amides is 1. The molecule has 0 heterocycles. The number of hydrogen-bond donors (Lipinski definition) is 2. The minimum atomic E-state index is -0.214. The lowest BCUT2D eigenvalue weighted by Crippen LogP contribution is -2.41. The van der Waals surface area contributed by atoms with Gasteiger partial charge in [0, 0.05) is 52.9 Å². The monoisotopic (exact) mass is 413 g/mol. The lowest BCUT2D eigenvalue weighted by Gasteiger charge is -2.18. The summed E-state index contributed by atoms with van der Waals surface area (Å²) in [5, 5.41) is 6.60. The number of aliphatic imine (C=N–C) groups is 1. The zero-order valence-electron chi connectivity index (χ0n) is 18.3. The largest absolute Gasteiger partial charge is 0.356 e. The topological polar surface area (TPSA) is 60.0 Å². The molecule has 7 heteroatoms. The van der Waals surface area contributed by atoms with Crippen molar-refractivity contribution in [2.45, 2.75) is 13.0 Å². The highest BCUT2D eigenvalue weighted by Crippen LogP contribution is 2.08. The van der Waals surface area contributed by atoms with E-state index in [1.165, 1.54) is 12.1 Å². The van der Waals surface area contributed by atoms with Crippen molar-refractivity contribution in [2.75, 3.05) is 47.8 Å². The summed E-state index contributed by atoms with van der Waals surface area (Å²) < 4.78 is 13.0. The van der Waals surface area contributed by atoms with E-state index in [-0.39, 0.29) is 11.7 Å². The molecule has 6 nitrogen and oxygen atoms in total. The van der Waals surface area contributed by atoms with E-state index in [1.807, 2.05) is 31.3 Å². The zero-order chi connectivity index (χ0) is 21.9. The van der Waals surface area contributed by atoms with Crippen molar-refractivity contribution in [1.82, 2.24) is 20.4 Å². The van der Waals surface area contributed by atoms with Gasteiger partial charge in [0.25, 0.3) is 5.91 Å². The molecule has 0 aliphatic heterocycles. The third-order valence-electron chi connectivity index (χ3n) is 4.66. The molecule has 0 spiro atoms. The third-order valence-corrected chi connectivity index (χ3v) is 4.66.